The summed E-state index contributed by atoms with van der Waals surface area (Å²) >= 11 is 2.13. The van der Waals surface area contributed by atoms with Crippen LogP contribution in [-0.2, 0) is 0 Å². The van der Waals surface area contributed by atoms with Gasteiger partial charge in [0, 0.05) is 21.6 Å². The summed E-state index contributed by atoms with van der Waals surface area (Å²) in [5, 5.41) is 1.59. The van der Waals surface area contributed by atoms with Gasteiger partial charge in [-0.1, -0.05) is 36.1 Å². The van der Waals surface area contributed by atoms with Crippen LogP contribution in [0.25, 0.3) is 0 Å². The van der Waals surface area contributed by atoms with E-state index in [4.69, 9.17) is 0 Å². The van der Waals surface area contributed by atoms with Crippen LogP contribution in [0.1, 0.15) is 24.8 Å². The van der Waals surface area contributed by atoms with Crippen LogP contribution in [0.2, 0.25) is 0 Å². The maximum atomic E-state index is 3.34. The van der Waals surface area contributed by atoms with Crippen molar-refractivity contribution in [3.8, 4) is 11.8 Å². The first-order chi connectivity index (χ1) is 7.90. The zero-order chi connectivity index (χ0) is 10.8. The van der Waals surface area contributed by atoms with Crippen LogP contribution >= 0.6 is 11.8 Å². The van der Waals surface area contributed by atoms with E-state index in [1.165, 1.54) is 24.8 Å². The summed E-state index contributed by atoms with van der Waals surface area (Å²) in [4.78, 5) is 0. The van der Waals surface area contributed by atoms with Crippen LogP contribution in [0.5, 0.6) is 0 Å². The molecule has 0 N–H and O–H groups in total. The fourth-order valence-electron chi connectivity index (χ4n) is 2.31. The molecule has 1 saturated heterocycles. The van der Waals surface area contributed by atoms with E-state index in [2.05, 4.69) is 41.8 Å². The molecule has 16 heavy (non-hydrogen) atoms. The van der Waals surface area contributed by atoms with Crippen LogP contribution in [0.4, 0.5) is 0 Å². The Hall–Kier alpha value is -1.13. The van der Waals surface area contributed by atoms with E-state index in [1.54, 1.807) is 0 Å². The Morgan fingerprint density at radius 3 is 2.75 bits per heavy atom. The monoisotopic (exact) mass is 226 g/mol. The first-order valence-corrected chi connectivity index (χ1v) is 6.78. The van der Waals surface area contributed by atoms with Gasteiger partial charge in [0.05, 0.1) is 0 Å². The van der Waals surface area contributed by atoms with Gasteiger partial charge in [0.1, 0.15) is 0 Å². The fourth-order valence-corrected chi connectivity index (χ4v) is 3.87. The molecular formula is C15H14S. The maximum Gasteiger partial charge on any atom is 0.0248 e. The molecule has 0 saturated carbocycles. The van der Waals surface area contributed by atoms with Gasteiger partial charge >= 0.3 is 0 Å². The van der Waals surface area contributed by atoms with E-state index in [1.807, 2.05) is 18.2 Å². The zero-order valence-corrected chi connectivity index (χ0v) is 9.96. The maximum absolute atomic E-state index is 3.34. The number of thioether (sulfide) groups is 1. The molecule has 1 aromatic carbocycles. The SMILES string of the molecule is C(#Cc1ccccc1)C1=C[C@@H]2CC[C@H](C1)S2. The van der Waals surface area contributed by atoms with Crippen molar-refractivity contribution in [2.75, 3.05) is 0 Å². The van der Waals surface area contributed by atoms with Gasteiger partial charge in [0.25, 0.3) is 0 Å². The van der Waals surface area contributed by atoms with Crippen molar-refractivity contribution in [2.24, 2.45) is 0 Å². The quantitative estimate of drug-likeness (QED) is 0.609. The molecule has 0 radical (unpaired) electrons. The van der Waals surface area contributed by atoms with E-state index in [0.29, 0.717) is 0 Å². The second-order valence-electron chi connectivity index (χ2n) is 4.39. The Morgan fingerprint density at radius 2 is 1.94 bits per heavy atom. The Balaban J connectivity index is 1.79. The minimum Gasteiger partial charge on any atom is -0.151 e. The molecular weight excluding hydrogens is 212 g/mol. The van der Waals surface area contributed by atoms with Crippen LogP contribution in [0.15, 0.2) is 42.0 Å². The molecule has 2 bridgehead atoms. The lowest BCUT2D eigenvalue weighted by molar-refractivity contribution is 0.782. The number of allylic oxidation sites excluding steroid dienone is 1. The molecule has 1 heteroatoms. The zero-order valence-electron chi connectivity index (χ0n) is 9.15. The lowest BCUT2D eigenvalue weighted by atomic mass is 10.1. The Kier molecular flexibility index (Phi) is 2.76. The molecule has 0 amide bonds. The highest BCUT2D eigenvalue weighted by Gasteiger charge is 2.28. The topological polar surface area (TPSA) is 0 Å². The highest BCUT2D eigenvalue weighted by atomic mass is 32.2. The summed E-state index contributed by atoms with van der Waals surface area (Å²) in [7, 11) is 0. The molecule has 80 valence electrons. The molecule has 1 aromatic rings. The normalized spacial score (nSPS) is 26.9. The summed E-state index contributed by atoms with van der Waals surface area (Å²) in [6, 6.07) is 10.2. The summed E-state index contributed by atoms with van der Waals surface area (Å²) in [6.45, 7) is 0. The van der Waals surface area contributed by atoms with Gasteiger partial charge in [-0.15, -0.1) is 0 Å². The molecule has 2 aliphatic heterocycles. The third kappa shape index (κ3) is 2.18. The van der Waals surface area contributed by atoms with E-state index >= 15 is 0 Å². The van der Waals surface area contributed by atoms with E-state index in [0.717, 1.165) is 16.1 Å². The van der Waals surface area contributed by atoms with Crippen molar-refractivity contribution in [1.82, 2.24) is 0 Å². The molecule has 1 fully saturated rings. The second kappa shape index (κ2) is 4.39. The molecule has 2 atom stereocenters. The lowest BCUT2D eigenvalue weighted by Crippen LogP contribution is -2.04. The Labute approximate surface area is 101 Å². The number of hydrogen-bond donors (Lipinski definition) is 0. The first-order valence-electron chi connectivity index (χ1n) is 5.83. The van der Waals surface area contributed by atoms with Crippen molar-refractivity contribution >= 4 is 11.8 Å². The first kappa shape index (κ1) is 10.1. The minimum absolute atomic E-state index is 0.749. The smallest absolute Gasteiger partial charge is 0.0248 e. The highest BCUT2D eigenvalue weighted by Crippen LogP contribution is 2.42. The van der Waals surface area contributed by atoms with Gasteiger partial charge in [-0.25, -0.2) is 0 Å². The predicted octanol–water partition coefficient (Wildman–Crippen LogP) is 3.63. The third-order valence-electron chi connectivity index (χ3n) is 3.12. The van der Waals surface area contributed by atoms with Gasteiger partial charge < -0.3 is 0 Å². The van der Waals surface area contributed by atoms with Gasteiger partial charge in [-0.3, -0.25) is 0 Å². The van der Waals surface area contributed by atoms with E-state index in [9.17, 15) is 0 Å². The molecule has 0 aliphatic carbocycles. The average Bonchev–Trinajstić information content (AvgIpc) is 2.67. The van der Waals surface area contributed by atoms with Gasteiger partial charge in [0.15, 0.2) is 0 Å². The highest BCUT2D eigenvalue weighted by molar-refractivity contribution is 8.01. The molecule has 0 aromatic heterocycles. The second-order valence-corrected chi connectivity index (χ2v) is 5.93. The van der Waals surface area contributed by atoms with Crippen LogP contribution < -0.4 is 0 Å². The number of benzene rings is 1. The number of fused-ring (bicyclic) bond motifs is 2. The lowest BCUT2D eigenvalue weighted by Gasteiger charge is -2.15. The van der Waals surface area contributed by atoms with E-state index in [-0.39, 0.29) is 0 Å². The minimum atomic E-state index is 0.749. The molecule has 0 unspecified atom stereocenters. The van der Waals surface area contributed by atoms with Gasteiger partial charge in [-0.05, 0) is 31.4 Å². The Bertz CT molecular complexity index is 461. The molecule has 0 nitrogen and oxygen atoms in total. The molecule has 3 rings (SSSR count). The third-order valence-corrected chi connectivity index (χ3v) is 4.62. The van der Waals surface area contributed by atoms with Crippen molar-refractivity contribution < 1.29 is 0 Å². The number of rotatable bonds is 0. The summed E-state index contributed by atoms with van der Waals surface area (Å²) in [5.74, 6) is 6.59. The van der Waals surface area contributed by atoms with Crippen LogP contribution in [0.3, 0.4) is 0 Å². The van der Waals surface area contributed by atoms with Crippen molar-refractivity contribution in [3.05, 3.63) is 47.5 Å². The Morgan fingerprint density at radius 1 is 1.06 bits per heavy atom. The van der Waals surface area contributed by atoms with Gasteiger partial charge in [-0.2, -0.15) is 11.8 Å². The standard InChI is InChI=1S/C15H14S/c1-2-4-12(5-3-1)6-7-13-10-14-8-9-15(11-13)16-14/h1-5,10,14-15H,8-9,11H2/t14-,15+/m0/s1. The van der Waals surface area contributed by atoms with Crippen molar-refractivity contribution in [1.29, 1.82) is 0 Å². The summed E-state index contributed by atoms with van der Waals surface area (Å²) in [6.07, 6.45) is 6.29. The van der Waals surface area contributed by atoms with E-state index < -0.39 is 0 Å². The predicted molar refractivity (Wildman–Crippen MR) is 70.4 cm³/mol. The van der Waals surface area contributed by atoms with Crippen molar-refractivity contribution in [2.45, 2.75) is 29.8 Å². The summed E-state index contributed by atoms with van der Waals surface area (Å²) in [5.41, 5.74) is 2.48. The summed E-state index contributed by atoms with van der Waals surface area (Å²) < 4.78 is 0. The number of hydrogen-bond acceptors (Lipinski definition) is 1. The van der Waals surface area contributed by atoms with Gasteiger partial charge in [0.2, 0.25) is 0 Å². The molecule has 2 heterocycles. The molecule has 2 aliphatic rings. The fraction of sp³-hybridized carbons (Fsp3) is 0.333. The molecule has 0 spiro atoms. The van der Waals surface area contributed by atoms with Crippen LogP contribution in [0, 0.1) is 11.8 Å². The average molecular weight is 226 g/mol. The van der Waals surface area contributed by atoms with Crippen LogP contribution in [-0.4, -0.2) is 10.5 Å². The van der Waals surface area contributed by atoms with Crippen molar-refractivity contribution in [3.63, 3.8) is 0 Å². The largest absolute Gasteiger partial charge is 0.151 e.